The Labute approximate surface area is 96.2 Å². The van der Waals surface area contributed by atoms with E-state index in [1.54, 1.807) is 0 Å². The van der Waals surface area contributed by atoms with Crippen LogP contribution in [0.25, 0.3) is 0 Å². The third-order valence-corrected chi connectivity index (χ3v) is 2.77. The summed E-state index contributed by atoms with van der Waals surface area (Å²) in [6, 6.07) is 0.221. The second kappa shape index (κ2) is 7.90. The molecule has 2 nitrogen and oxygen atoms in total. The first-order chi connectivity index (χ1) is 7.37. The van der Waals surface area contributed by atoms with E-state index in [1.807, 2.05) is 21.0 Å². The van der Waals surface area contributed by atoms with Crippen molar-refractivity contribution in [3.63, 3.8) is 0 Å². The summed E-state index contributed by atoms with van der Waals surface area (Å²) in [5, 5.41) is 3.05. The number of hydrogen-bond acceptors (Lipinski definition) is 2. The molecule has 0 aromatic heterocycles. The van der Waals surface area contributed by atoms with Crippen molar-refractivity contribution in [1.29, 1.82) is 0 Å². The average molecular weight is 240 g/mol. The zero-order chi connectivity index (χ0) is 12.6. The highest BCUT2D eigenvalue weighted by Crippen LogP contribution is 2.23. The second-order valence-electron chi connectivity index (χ2n) is 4.29. The highest BCUT2D eigenvalue weighted by Gasteiger charge is 2.26. The molecule has 0 aliphatic rings. The Bertz CT molecular complexity index is 171. The molecule has 98 valence electrons. The fourth-order valence-corrected chi connectivity index (χ4v) is 1.54. The van der Waals surface area contributed by atoms with Gasteiger partial charge >= 0.3 is 6.18 Å². The van der Waals surface area contributed by atoms with Crippen LogP contribution in [-0.4, -0.2) is 44.3 Å². The Morgan fingerprint density at radius 2 is 1.88 bits per heavy atom. The van der Waals surface area contributed by atoms with Gasteiger partial charge in [-0.2, -0.15) is 13.2 Å². The van der Waals surface area contributed by atoms with Gasteiger partial charge in [0.25, 0.3) is 0 Å². The topological polar surface area (TPSA) is 15.3 Å². The average Bonchev–Trinajstić information content (AvgIpc) is 2.15. The lowest BCUT2D eigenvalue weighted by molar-refractivity contribution is -0.136. The van der Waals surface area contributed by atoms with Gasteiger partial charge in [-0.25, -0.2) is 0 Å². The van der Waals surface area contributed by atoms with Crippen LogP contribution in [0.3, 0.4) is 0 Å². The summed E-state index contributed by atoms with van der Waals surface area (Å²) in [7, 11) is 3.86. The van der Waals surface area contributed by atoms with Gasteiger partial charge in [-0.3, -0.25) is 0 Å². The lowest BCUT2D eigenvalue weighted by Crippen LogP contribution is -2.31. The maximum Gasteiger partial charge on any atom is 0.389 e. The summed E-state index contributed by atoms with van der Waals surface area (Å²) >= 11 is 0. The zero-order valence-corrected chi connectivity index (χ0v) is 10.4. The lowest BCUT2D eigenvalue weighted by Gasteiger charge is -2.24. The van der Waals surface area contributed by atoms with E-state index in [0.717, 1.165) is 19.5 Å². The SMILES string of the molecule is CNCCCN(C)C(C)CCCC(F)(F)F. The second-order valence-corrected chi connectivity index (χ2v) is 4.29. The maximum atomic E-state index is 11.9. The fraction of sp³-hybridized carbons (Fsp3) is 1.00. The minimum atomic E-state index is -4.01. The number of nitrogens with one attached hydrogen (secondary N) is 1. The van der Waals surface area contributed by atoms with Gasteiger partial charge in [0, 0.05) is 12.5 Å². The quantitative estimate of drug-likeness (QED) is 0.656. The van der Waals surface area contributed by atoms with Crippen LogP contribution in [-0.2, 0) is 0 Å². The van der Waals surface area contributed by atoms with Crippen LogP contribution < -0.4 is 5.32 Å². The molecule has 0 saturated heterocycles. The molecule has 0 fully saturated rings. The molecule has 0 rings (SSSR count). The fourth-order valence-electron chi connectivity index (χ4n) is 1.54. The minimum Gasteiger partial charge on any atom is -0.320 e. The summed E-state index contributed by atoms with van der Waals surface area (Å²) in [5.74, 6) is 0. The monoisotopic (exact) mass is 240 g/mol. The normalized spacial score (nSPS) is 14.4. The maximum absolute atomic E-state index is 11.9. The first kappa shape index (κ1) is 15.7. The largest absolute Gasteiger partial charge is 0.389 e. The summed E-state index contributed by atoms with van der Waals surface area (Å²) in [6.07, 6.45) is -2.82. The van der Waals surface area contributed by atoms with Crippen molar-refractivity contribution >= 4 is 0 Å². The van der Waals surface area contributed by atoms with Gasteiger partial charge in [-0.1, -0.05) is 0 Å². The summed E-state index contributed by atoms with van der Waals surface area (Å²) in [5.41, 5.74) is 0. The molecule has 0 aromatic carbocycles. The number of hydrogen-bond donors (Lipinski definition) is 1. The third-order valence-electron chi connectivity index (χ3n) is 2.77. The van der Waals surface area contributed by atoms with Crippen molar-refractivity contribution in [2.24, 2.45) is 0 Å². The van der Waals surface area contributed by atoms with E-state index in [2.05, 4.69) is 10.2 Å². The highest BCUT2D eigenvalue weighted by atomic mass is 19.4. The number of rotatable bonds is 8. The van der Waals surface area contributed by atoms with Crippen molar-refractivity contribution in [1.82, 2.24) is 10.2 Å². The molecule has 0 aliphatic carbocycles. The van der Waals surface area contributed by atoms with Gasteiger partial charge in [-0.05, 0) is 53.4 Å². The summed E-state index contributed by atoms with van der Waals surface area (Å²) in [4.78, 5) is 2.12. The predicted octanol–water partition coefficient (Wildman–Crippen LogP) is 2.65. The van der Waals surface area contributed by atoms with E-state index >= 15 is 0 Å². The Morgan fingerprint density at radius 3 is 2.38 bits per heavy atom. The van der Waals surface area contributed by atoms with Gasteiger partial charge < -0.3 is 10.2 Å². The molecule has 0 spiro atoms. The first-order valence-corrected chi connectivity index (χ1v) is 5.78. The molecule has 16 heavy (non-hydrogen) atoms. The van der Waals surface area contributed by atoms with E-state index in [9.17, 15) is 13.2 Å². The van der Waals surface area contributed by atoms with E-state index in [4.69, 9.17) is 0 Å². The van der Waals surface area contributed by atoms with Gasteiger partial charge in [-0.15, -0.1) is 0 Å². The van der Waals surface area contributed by atoms with E-state index < -0.39 is 12.6 Å². The van der Waals surface area contributed by atoms with E-state index in [0.29, 0.717) is 6.42 Å². The Balaban J connectivity index is 3.58. The molecule has 1 unspecified atom stereocenters. The van der Waals surface area contributed by atoms with Crippen molar-refractivity contribution in [3.8, 4) is 0 Å². The molecule has 1 N–H and O–H groups in total. The minimum absolute atomic E-state index is 0.221. The Kier molecular flexibility index (Phi) is 7.76. The van der Waals surface area contributed by atoms with Crippen LogP contribution in [0.1, 0.15) is 32.6 Å². The molecule has 0 aliphatic heterocycles. The zero-order valence-electron chi connectivity index (χ0n) is 10.4. The predicted molar refractivity (Wildman–Crippen MR) is 60.5 cm³/mol. The van der Waals surface area contributed by atoms with Crippen LogP contribution >= 0.6 is 0 Å². The molecular formula is C11H23F3N2. The summed E-state index contributed by atoms with van der Waals surface area (Å²) in [6.45, 7) is 3.85. The lowest BCUT2D eigenvalue weighted by atomic mass is 10.1. The first-order valence-electron chi connectivity index (χ1n) is 5.78. The number of alkyl halides is 3. The molecule has 0 saturated carbocycles. The molecule has 0 amide bonds. The van der Waals surface area contributed by atoms with Crippen molar-refractivity contribution in [3.05, 3.63) is 0 Å². The molecule has 1 atom stereocenters. The highest BCUT2D eigenvalue weighted by molar-refractivity contribution is 4.65. The molecule has 0 radical (unpaired) electrons. The van der Waals surface area contributed by atoms with Gasteiger partial charge in [0.2, 0.25) is 0 Å². The molecule has 0 bridgehead atoms. The smallest absolute Gasteiger partial charge is 0.320 e. The van der Waals surface area contributed by atoms with Crippen molar-refractivity contribution < 1.29 is 13.2 Å². The van der Waals surface area contributed by atoms with Gasteiger partial charge in [0.1, 0.15) is 0 Å². The van der Waals surface area contributed by atoms with Crippen molar-refractivity contribution in [2.45, 2.75) is 44.8 Å². The summed E-state index contributed by atoms with van der Waals surface area (Å²) < 4.78 is 35.8. The van der Waals surface area contributed by atoms with Crippen molar-refractivity contribution in [2.75, 3.05) is 27.2 Å². The van der Waals surface area contributed by atoms with Gasteiger partial charge in [0.15, 0.2) is 0 Å². The standard InChI is InChI=1S/C11H23F3N2/c1-10(6-4-7-11(12,13)14)16(3)9-5-8-15-2/h10,15H,4-9H2,1-3H3. The van der Waals surface area contributed by atoms with Crippen LogP contribution in [0.15, 0.2) is 0 Å². The molecular weight excluding hydrogens is 217 g/mol. The molecule has 0 aromatic rings. The van der Waals surface area contributed by atoms with E-state index in [1.165, 1.54) is 0 Å². The van der Waals surface area contributed by atoms with Crippen LogP contribution in [0, 0.1) is 0 Å². The van der Waals surface area contributed by atoms with Crippen LogP contribution in [0.5, 0.6) is 0 Å². The van der Waals surface area contributed by atoms with Crippen LogP contribution in [0.4, 0.5) is 13.2 Å². The molecule has 5 heteroatoms. The number of halogens is 3. The Hall–Kier alpha value is -0.290. The third kappa shape index (κ3) is 8.97. The van der Waals surface area contributed by atoms with E-state index in [-0.39, 0.29) is 12.5 Å². The van der Waals surface area contributed by atoms with Crippen LogP contribution in [0.2, 0.25) is 0 Å². The van der Waals surface area contributed by atoms with Gasteiger partial charge in [0.05, 0.1) is 0 Å². The Morgan fingerprint density at radius 1 is 1.25 bits per heavy atom. The number of nitrogens with zero attached hydrogens (tertiary/aromatic N) is 1. The molecule has 0 heterocycles.